The second kappa shape index (κ2) is 7.78. The van der Waals surface area contributed by atoms with Gasteiger partial charge >= 0.3 is 0 Å². The summed E-state index contributed by atoms with van der Waals surface area (Å²) < 4.78 is 24.8. The van der Waals surface area contributed by atoms with Gasteiger partial charge in [-0.2, -0.15) is 0 Å². The number of carbonyl (C=O) groups is 3. The largest absolute Gasteiger partial charge is 0.322 e. The summed E-state index contributed by atoms with van der Waals surface area (Å²) in [5.41, 5.74) is 2.58. The van der Waals surface area contributed by atoms with Gasteiger partial charge in [0.2, 0.25) is 11.8 Å². The Kier molecular flexibility index (Phi) is 5.05. The normalized spacial score (nSPS) is 24.6. The van der Waals surface area contributed by atoms with Crippen molar-refractivity contribution in [3.05, 3.63) is 41.2 Å². The second-order valence-corrected chi connectivity index (χ2v) is 10.6. The molecule has 5 rings (SSSR count). The fourth-order valence-electron chi connectivity index (χ4n) is 4.49. The van der Waals surface area contributed by atoms with Crippen molar-refractivity contribution in [2.75, 3.05) is 11.5 Å². The van der Waals surface area contributed by atoms with Crippen LogP contribution in [0.2, 0.25) is 0 Å². The first-order valence-electron chi connectivity index (χ1n) is 10.4. The Hall–Kier alpha value is -3.12. The number of hydrogen-bond donors (Lipinski definition) is 2. The molecular formula is C20H22N6O5S. The van der Waals surface area contributed by atoms with E-state index in [2.05, 4.69) is 20.9 Å². The third-order valence-corrected chi connectivity index (χ3v) is 7.92. The number of hydrogen-bond acceptors (Lipinski definition) is 8. The molecule has 2 saturated heterocycles. The average Bonchev–Trinajstić information content (AvgIpc) is 3.44. The van der Waals surface area contributed by atoms with Gasteiger partial charge in [0.15, 0.2) is 9.84 Å². The van der Waals surface area contributed by atoms with Crippen molar-refractivity contribution in [2.24, 2.45) is 0 Å². The summed E-state index contributed by atoms with van der Waals surface area (Å²) in [5.74, 6) is -0.695. The van der Waals surface area contributed by atoms with Crippen LogP contribution in [0.25, 0.3) is 5.69 Å². The number of piperidine rings is 1. The van der Waals surface area contributed by atoms with E-state index in [-0.39, 0.29) is 42.3 Å². The van der Waals surface area contributed by atoms with E-state index < -0.39 is 21.8 Å². The molecule has 0 saturated carbocycles. The van der Waals surface area contributed by atoms with E-state index >= 15 is 0 Å². The molecule has 2 atom stereocenters. The molecule has 1 aromatic heterocycles. The zero-order chi connectivity index (χ0) is 22.5. The maximum Gasteiger partial charge on any atom is 0.255 e. The van der Waals surface area contributed by atoms with Crippen LogP contribution in [-0.4, -0.2) is 69.6 Å². The SMILES string of the molecule is O=C1CCC(N2Cc3c(cccc3-n3cc(CNC4CCS(=O)(=O)C4)nn3)C2=O)C(=O)N1. The van der Waals surface area contributed by atoms with E-state index in [0.717, 1.165) is 5.56 Å². The Balaban J connectivity index is 1.33. The van der Waals surface area contributed by atoms with E-state index in [0.29, 0.717) is 36.3 Å². The maximum absolute atomic E-state index is 13.0. The minimum Gasteiger partial charge on any atom is -0.322 e. The van der Waals surface area contributed by atoms with Crippen LogP contribution in [0, 0.1) is 0 Å². The lowest BCUT2D eigenvalue weighted by atomic mass is 10.0. The van der Waals surface area contributed by atoms with Crippen molar-refractivity contribution in [1.82, 2.24) is 30.5 Å². The Bertz CT molecular complexity index is 1220. The fraction of sp³-hybridized carbons (Fsp3) is 0.450. The maximum atomic E-state index is 13.0. The molecule has 0 spiro atoms. The molecule has 0 bridgehead atoms. The second-order valence-electron chi connectivity index (χ2n) is 8.34. The summed E-state index contributed by atoms with van der Waals surface area (Å²) in [5, 5.41) is 13.9. The molecule has 32 heavy (non-hydrogen) atoms. The zero-order valence-electron chi connectivity index (χ0n) is 17.2. The molecule has 3 amide bonds. The lowest BCUT2D eigenvalue weighted by molar-refractivity contribution is -0.136. The topological polar surface area (TPSA) is 143 Å². The highest BCUT2D eigenvalue weighted by Gasteiger charge is 2.40. The van der Waals surface area contributed by atoms with E-state index in [1.165, 1.54) is 4.90 Å². The van der Waals surface area contributed by atoms with Crippen molar-refractivity contribution >= 4 is 27.6 Å². The van der Waals surface area contributed by atoms with Crippen molar-refractivity contribution in [3.63, 3.8) is 0 Å². The van der Waals surface area contributed by atoms with Crippen LogP contribution in [-0.2, 0) is 32.5 Å². The average molecular weight is 459 g/mol. The summed E-state index contributed by atoms with van der Waals surface area (Å²) in [6, 6.07) is 4.52. The third-order valence-electron chi connectivity index (χ3n) is 6.15. The summed E-state index contributed by atoms with van der Waals surface area (Å²) >= 11 is 0. The van der Waals surface area contributed by atoms with E-state index in [4.69, 9.17) is 0 Å². The van der Waals surface area contributed by atoms with Crippen LogP contribution in [0.1, 0.15) is 40.9 Å². The molecule has 12 heteroatoms. The smallest absolute Gasteiger partial charge is 0.255 e. The highest BCUT2D eigenvalue weighted by Crippen LogP contribution is 2.31. The highest BCUT2D eigenvalue weighted by atomic mass is 32.2. The number of imide groups is 1. The molecule has 2 aromatic rings. The lowest BCUT2D eigenvalue weighted by Crippen LogP contribution is -2.52. The lowest BCUT2D eigenvalue weighted by Gasteiger charge is -2.29. The minimum absolute atomic E-state index is 0.0918. The minimum atomic E-state index is -2.96. The Morgan fingerprint density at radius 1 is 1.19 bits per heavy atom. The van der Waals surface area contributed by atoms with Crippen LogP contribution in [0.3, 0.4) is 0 Å². The molecular weight excluding hydrogens is 436 g/mol. The van der Waals surface area contributed by atoms with Crippen molar-refractivity contribution in [3.8, 4) is 5.69 Å². The van der Waals surface area contributed by atoms with Crippen LogP contribution < -0.4 is 10.6 Å². The van der Waals surface area contributed by atoms with Crippen molar-refractivity contribution in [1.29, 1.82) is 0 Å². The monoisotopic (exact) mass is 458 g/mol. The molecule has 0 radical (unpaired) electrons. The van der Waals surface area contributed by atoms with Gasteiger partial charge in [-0.25, -0.2) is 13.1 Å². The number of nitrogens with one attached hydrogen (secondary N) is 2. The first-order valence-corrected chi connectivity index (χ1v) is 12.2. The first-order chi connectivity index (χ1) is 15.3. The quantitative estimate of drug-likeness (QED) is 0.560. The third kappa shape index (κ3) is 3.79. The molecule has 4 heterocycles. The summed E-state index contributed by atoms with van der Waals surface area (Å²) in [4.78, 5) is 38.2. The van der Waals surface area contributed by atoms with Gasteiger partial charge in [-0.05, 0) is 25.0 Å². The highest BCUT2D eigenvalue weighted by molar-refractivity contribution is 7.91. The molecule has 0 aliphatic carbocycles. The number of carbonyl (C=O) groups excluding carboxylic acids is 3. The van der Waals surface area contributed by atoms with E-state index in [1.54, 1.807) is 23.0 Å². The van der Waals surface area contributed by atoms with Gasteiger partial charge in [-0.15, -0.1) is 5.10 Å². The summed E-state index contributed by atoms with van der Waals surface area (Å²) in [7, 11) is -2.96. The van der Waals surface area contributed by atoms with Gasteiger partial charge in [0.1, 0.15) is 6.04 Å². The van der Waals surface area contributed by atoms with Gasteiger partial charge in [0, 0.05) is 36.7 Å². The molecule has 3 aliphatic heterocycles. The molecule has 2 fully saturated rings. The molecule has 11 nitrogen and oxygen atoms in total. The van der Waals surface area contributed by atoms with E-state index in [1.807, 2.05) is 6.07 Å². The molecule has 168 valence electrons. The number of benzene rings is 1. The number of sulfone groups is 1. The van der Waals surface area contributed by atoms with Gasteiger partial charge < -0.3 is 10.2 Å². The Morgan fingerprint density at radius 2 is 2.03 bits per heavy atom. The predicted molar refractivity (Wildman–Crippen MR) is 111 cm³/mol. The van der Waals surface area contributed by atoms with Gasteiger partial charge in [0.25, 0.3) is 5.91 Å². The summed E-state index contributed by atoms with van der Waals surface area (Å²) in [6.45, 7) is 0.626. The molecule has 2 N–H and O–H groups in total. The van der Waals surface area contributed by atoms with Crippen LogP contribution >= 0.6 is 0 Å². The number of nitrogens with zero attached hydrogens (tertiary/aromatic N) is 4. The molecule has 2 unspecified atom stereocenters. The number of fused-ring (bicyclic) bond motifs is 1. The van der Waals surface area contributed by atoms with Gasteiger partial charge in [-0.3, -0.25) is 19.7 Å². The number of rotatable bonds is 5. The fourth-order valence-corrected chi connectivity index (χ4v) is 6.19. The van der Waals surface area contributed by atoms with E-state index in [9.17, 15) is 22.8 Å². The zero-order valence-corrected chi connectivity index (χ0v) is 18.0. The number of aromatic nitrogens is 3. The Morgan fingerprint density at radius 3 is 2.78 bits per heavy atom. The van der Waals surface area contributed by atoms with Gasteiger partial charge in [0.05, 0.1) is 29.1 Å². The number of amides is 3. The van der Waals surface area contributed by atoms with Crippen LogP contribution in [0.15, 0.2) is 24.4 Å². The van der Waals surface area contributed by atoms with Gasteiger partial charge in [-0.1, -0.05) is 11.3 Å². The van der Waals surface area contributed by atoms with Crippen LogP contribution in [0.4, 0.5) is 0 Å². The summed E-state index contributed by atoms with van der Waals surface area (Å²) in [6.07, 6.45) is 2.83. The Labute approximate surface area is 184 Å². The standard InChI is InChI=1S/C20H22N6O5S/c27-18-5-4-17(19(28)22-18)25-10-15-14(20(25)29)2-1-3-16(15)26-9-13(23-24-26)8-21-12-6-7-32(30,31)11-12/h1-3,9,12,17,21H,4-8,10-11H2,(H,22,27,28). The van der Waals surface area contributed by atoms with Crippen LogP contribution in [0.5, 0.6) is 0 Å². The first kappa shape index (κ1) is 20.8. The molecule has 3 aliphatic rings. The van der Waals surface area contributed by atoms with Crippen molar-refractivity contribution in [2.45, 2.75) is 44.4 Å². The predicted octanol–water partition coefficient (Wildman–Crippen LogP) is -0.695. The van der Waals surface area contributed by atoms with Crippen molar-refractivity contribution < 1.29 is 22.8 Å². The molecule has 1 aromatic carbocycles.